The molecule has 80 valence electrons. The zero-order valence-electron chi connectivity index (χ0n) is 9.25. The van der Waals surface area contributed by atoms with Crippen molar-refractivity contribution >= 4 is 5.78 Å². The zero-order valence-corrected chi connectivity index (χ0v) is 9.25. The number of hydrogen-bond acceptors (Lipinski definition) is 3. The summed E-state index contributed by atoms with van der Waals surface area (Å²) in [4.78, 5) is 11.5. The van der Waals surface area contributed by atoms with Gasteiger partial charge in [-0.25, -0.2) is 0 Å². The molecule has 0 spiro atoms. The average Bonchev–Trinajstić information content (AvgIpc) is 2.14. The molecule has 0 aliphatic heterocycles. The predicted molar refractivity (Wildman–Crippen MR) is 54.7 cm³/mol. The van der Waals surface area contributed by atoms with E-state index in [-0.39, 0.29) is 5.78 Å². The van der Waals surface area contributed by atoms with Gasteiger partial charge in [-0.3, -0.25) is 4.79 Å². The quantitative estimate of drug-likeness (QED) is 0.588. The van der Waals surface area contributed by atoms with E-state index in [0.29, 0.717) is 32.0 Å². The first-order valence-electron chi connectivity index (χ1n) is 5.11. The third-order valence-corrected chi connectivity index (χ3v) is 1.95. The van der Waals surface area contributed by atoms with Gasteiger partial charge in [0.2, 0.25) is 0 Å². The summed E-state index contributed by atoms with van der Waals surface area (Å²) in [6.45, 7) is 6.97. The maximum Gasteiger partial charge on any atom is 0.152 e. The van der Waals surface area contributed by atoms with E-state index in [9.17, 15) is 4.79 Å². The van der Waals surface area contributed by atoms with Crippen LogP contribution in [0.4, 0.5) is 0 Å². The van der Waals surface area contributed by atoms with Gasteiger partial charge in [0.25, 0.3) is 0 Å². The lowest BCUT2D eigenvalue weighted by molar-refractivity contribution is -0.122. The van der Waals surface area contributed by atoms with Crippen molar-refractivity contribution in [3.8, 4) is 6.07 Å². The molecule has 1 atom stereocenters. The van der Waals surface area contributed by atoms with E-state index < -0.39 is 5.92 Å². The fourth-order valence-electron chi connectivity index (χ4n) is 1.22. The van der Waals surface area contributed by atoms with Gasteiger partial charge >= 0.3 is 0 Å². The molecule has 0 saturated heterocycles. The number of carbonyl (C=O) groups excluding carboxylic acids is 1. The maximum absolute atomic E-state index is 11.5. The van der Waals surface area contributed by atoms with Crippen LogP contribution in [0.2, 0.25) is 0 Å². The molecule has 0 heterocycles. The number of carbonyl (C=O) groups is 1. The van der Waals surface area contributed by atoms with Gasteiger partial charge < -0.3 is 4.74 Å². The Morgan fingerprint density at radius 1 is 1.50 bits per heavy atom. The van der Waals surface area contributed by atoms with Crippen molar-refractivity contribution < 1.29 is 9.53 Å². The van der Waals surface area contributed by atoms with E-state index in [4.69, 9.17) is 10.00 Å². The topological polar surface area (TPSA) is 50.1 Å². The minimum Gasteiger partial charge on any atom is -0.381 e. The highest BCUT2D eigenvalue weighted by atomic mass is 16.5. The van der Waals surface area contributed by atoms with Crippen LogP contribution in [-0.4, -0.2) is 19.0 Å². The highest BCUT2D eigenvalue weighted by molar-refractivity contribution is 5.83. The van der Waals surface area contributed by atoms with Gasteiger partial charge in [0, 0.05) is 13.0 Å². The first-order valence-corrected chi connectivity index (χ1v) is 5.11. The van der Waals surface area contributed by atoms with Gasteiger partial charge in [-0.2, -0.15) is 5.26 Å². The number of hydrogen-bond donors (Lipinski definition) is 0. The summed E-state index contributed by atoms with van der Waals surface area (Å²) in [5.41, 5.74) is 0. The van der Waals surface area contributed by atoms with Crippen molar-refractivity contribution in [2.24, 2.45) is 11.8 Å². The van der Waals surface area contributed by atoms with Crippen molar-refractivity contribution in [3.05, 3.63) is 0 Å². The van der Waals surface area contributed by atoms with Crippen LogP contribution in [0.1, 0.15) is 33.6 Å². The fourth-order valence-corrected chi connectivity index (χ4v) is 1.22. The number of ether oxygens (including phenoxy) is 1. The Bertz CT molecular complexity index is 206. The van der Waals surface area contributed by atoms with Gasteiger partial charge in [-0.15, -0.1) is 0 Å². The SMILES string of the molecule is CCOCCC(=O)C(C#N)CC(C)C. The van der Waals surface area contributed by atoms with Crippen LogP contribution < -0.4 is 0 Å². The summed E-state index contributed by atoms with van der Waals surface area (Å²) < 4.78 is 5.07. The molecule has 3 heteroatoms. The highest BCUT2D eigenvalue weighted by Gasteiger charge is 2.18. The first-order chi connectivity index (χ1) is 6.61. The van der Waals surface area contributed by atoms with Crippen LogP contribution in [0.3, 0.4) is 0 Å². The lowest BCUT2D eigenvalue weighted by Crippen LogP contribution is -2.16. The molecule has 0 saturated carbocycles. The summed E-state index contributed by atoms with van der Waals surface area (Å²) in [6, 6.07) is 2.05. The molecule has 0 aromatic rings. The van der Waals surface area contributed by atoms with Crippen molar-refractivity contribution in [3.63, 3.8) is 0 Å². The number of ketones is 1. The maximum atomic E-state index is 11.5. The van der Waals surface area contributed by atoms with E-state index in [0.717, 1.165) is 0 Å². The summed E-state index contributed by atoms with van der Waals surface area (Å²) in [7, 11) is 0. The third kappa shape index (κ3) is 5.71. The van der Waals surface area contributed by atoms with E-state index in [1.54, 1.807) is 0 Å². The molecule has 0 rings (SSSR count). The number of nitriles is 1. The fraction of sp³-hybridized carbons (Fsp3) is 0.818. The summed E-state index contributed by atoms with van der Waals surface area (Å²) in [6.07, 6.45) is 1.01. The standard InChI is InChI=1S/C11H19NO2/c1-4-14-6-5-11(13)10(8-12)7-9(2)3/h9-10H,4-7H2,1-3H3. The molecule has 0 N–H and O–H groups in total. The molecular weight excluding hydrogens is 178 g/mol. The Balaban J connectivity index is 3.88. The molecule has 0 fully saturated rings. The van der Waals surface area contributed by atoms with Crippen LogP contribution in [0.5, 0.6) is 0 Å². The molecule has 0 aromatic heterocycles. The molecular formula is C11H19NO2. The monoisotopic (exact) mass is 197 g/mol. The van der Waals surface area contributed by atoms with Crippen LogP contribution in [-0.2, 0) is 9.53 Å². The van der Waals surface area contributed by atoms with Crippen molar-refractivity contribution in [1.29, 1.82) is 5.26 Å². The van der Waals surface area contributed by atoms with Gasteiger partial charge in [0.1, 0.15) is 5.92 Å². The van der Waals surface area contributed by atoms with Crippen LogP contribution in [0.15, 0.2) is 0 Å². The number of Topliss-reactive ketones (excluding diaryl/α,β-unsaturated/α-hetero) is 1. The molecule has 0 bridgehead atoms. The number of nitrogens with zero attached hydrogens (tertiary/aromatic N) is 1. The summed E-state index contributed by atoms with van der Waals surface area (Å²) in [5.74, 6) is -0.0548. The van der Waals surface area contributed by atoms with Crippen LogP contribution in [0.25, 0.3) is 0 Å². The lowest BCUT2D eigenvalue weighted by atomic mass is 9.93. The average molecular weight is 197 g/mol. The Hall–Kier alpha value is -0.880. The van der Waals surface area contributed by atoms with E-state index in [1.165, 1.54) is 0 Å². The van der Waals surface area contributed by atoms with Gasteiger partial charge in [0.05, 0.1) is 12.7 Å². The number of rotatable bonds is 7. The minimum atomic E-state index is -0.449. The van der Waals surface area contributed by atoms with Crippen molar-refractivity contribution in [2.75, 3.05) is 13.2 Å². The largest absolute Gasteiger partial charge is 0.381 e. The normalized spacial score (nSPS) is 12.5. The minimum absolute atomic E-state index is 0.00894. The Morgan fingerprint density at radius 3 is 2.57 bits per heavy atom. The summed E-state index contributed by atoms with van der Waals surface area (Å²) >= 11 is 0. The van der Waals surface area contributed by atoms with Gasteiger partial charge in [-0.05, 0) is 19.3 Å². The van der Waals surface area contributed by atoms with Crippen molar-refractivity contribution in [1.82, 2.24) is 0 Å². The Morgan fingerprint density at radius 2 is 2.14 bits per heavy atom. The summed E-state index contributed by atoms with van der Waals surface area (Å²) in [5, 5.41) is 8.79. The third-order valence-electron chi connectivity index (χ3n) is 1.95. The van der Waals surface area contributed by atoms with E-state index in [1.807, 2.05) is 20.8 Å². The van der Waals surface area contributed by atoms with Gasteiger partial charge in [0.15, 0.2) is 5.78 Å². The molecule has 0 radical (unpaired) electrons. The molecule has 0 aliphatic carbocycles. The molecule has 14 heavy (non-hydrogen) atoms. The lowest BCUT2D eigenvalue weighted by Gasteiger charge is -2.10. The zero-order chi connectivity index (χ0) is 11.0. The van der Waals surface area contributed by atoms with E-state index >= 15 is 0 Å². The molecule has 3 nitrogen and oxygen atoms in total. The Labute approximate surface area is 86.1 Å². The van der Waals surface area contributed by atoms with E-state index in [2.05, 4.69) is 6.07 Å². The molecule has 0 amide bonds. The smallest absolute Gasteiger partial charge is 0.152 e. The Kier molecular flexibility index (Phi) is 7.04. The first kappa shape index (κ1) is 13.1. The molecule has 1 unspecified atom stereocenters. The van der Waals surface area contributed by atoms with Crippen LogP contribution >= 0.6 is 0 Å². The predicted octanol–water partition coefficient (Wildman–Crippen LogP) is 2.17. The van der Waals surface area contributed by atoms with Crippen molar-refractivity contribution in [2.45, 2.75) is 33.6 Å². The molecule has 0 aromatic carbocycles. The highest BCUT2D eigenvalue weighted by Crippen LogP contribution is 2.13. The second-order valence-corrected chi connectivity index (χ2v) is 3.72. The second kappa shape index (κ2) is 7.52. The second-order valence-electron chi connectivity index (χ2n) is 3.72. The molecule has 0 aliphatic rings. The van der Waals surface area contributed by atoms with Crippen LogP contribution in [0, 0.1) is 23.2 Å². The van der Waals surface area contributed by atoms with Gasteiger partial charge in [-0.1, -0.05) is 13.8 Å².